The Hall–Kier alpha value is -2.89. The number of hydrogen-bond donors (Lipinski definition) is 1. The summed E-state index contributed by atoms with van der Waals surface area (Å²) in [4.78, 5) is 22.5. The van der Waals surface area contributed by atoms with Gasteiger partial charge in [0.05, 0.1) is 17.4 Å². The fourth-order valence-corrected chi connectivity index (χ4v) is 2.35. The van der Waals surface area contributed by atoms with E-state index in [0.29, 0.717) is 12.1 Å². The molecule has 2 N–H and O–H groups in total. The van der Waals surface area contributed by atoms with Crippen LogP contribution in [0, 0.1) is 10.1 Å². The summed E-state index contributed by atoms with van der Waals surface area (Å²) in [6.07, 6.45) is 0.389. The van der Waals surface area contributed by atoms with Crippen molar-refractivity contribution in [2.45, 2.75) is 19.3 Å². The summed E-state index contributed by atoms with van der Waals surface area (Å²) in [7, 11) is 0. The molecule has 0 spiro atoms. The van der Waals surface area contributed by atoms with Crippen LogP contribution in [0.2, 0.25) is 0 Å². The van der Waals surface area contributed by atoms with Crippen LogP contribution in [0.25, 0.3) is 0 Å². The summed E-state index contributed by atoms with van der Waals surface area (Å²) in [5, 5.41) is 10.7. The number of nitrogens with zero attached hydrogens (tertiary/aromatic N) is 1. The minimum atomic E-state index is -0.500. The number of hydrogen-bond acceptors (Lipinski definition) is 5. The molecular weight excluding hydrogens is 296 g/mol. The molecule has 23 heavy (non-hydrogen) atoms. The van der Waals surface area contributed by atoms with E-state index in [1.807, 2.05) is 6.07 Å². The molecule has 6 nitrogen and oxygen atoms in total. The van der Waals surface area contributed by atoms with E-state index in [9.17, 15) is 14.9 Å². The summed E-state index contributed by atoms with van der Waals surface area (Å²) in [6.45, 7) is 2.04. The molecule has 0 fully saturated rings. The Morgan fingerprint density at radius 3 is 2.52 bits per heavy atom. The number of benzene rings is 2. The highest BCUT2D eigenvalue weighted by Crippen LogP contribution is 2.25. The molecule has 0 amide bonds. The van der Waals surface area contributed by atoms with E-state index < -0.39 is 10.8 Å². The van der Waals surface area contributed by atoms with Crippen LogP contribution in [0.3, 0.4) is 0 Å². The molecule has 0 aliphatic rings. The van der Waals surface area contributed by atoms with Gasteiger partial charge in [0.25, 0.3) is 5.69 Å². The Bertz CT molecular complexity index is 698. The van der Waals surface area contributed by atoms with E-state index in [2.05, 4.69) is 0 Å². The van der Waals surface area contributed by atoms with Crippen molar-refractivity contribution < 1.29 is 14.5 Å². The average Bonchev–Trinajstić information content (AvgIpc) is 2.53. The second-order valence-electron chi connectivity index (χ2n) is 5.10. The van der Waals surface area contributed by atoms with Gasteiger partial charge in [-0.1, -0.05) is 24.3 Å². The van der Waals surface area contributed by atoms with Crippen LogP contribution in [0.5, 0.6) is 0 Å². The molecule has 0 heterocycles. The number of nitro benzene ring substituents is 1. The fourth-order valence-electron chi connectivity index (χ4n) is 2.35. The highest BCUT2D eigenvalue weighted by Gasteiger charge is 2.23. The number of anilines is 1. The Kier molecular flexibility index (Phi) is 5.30. The van der Waals surface area contributed by atoms with Crippen LogP contribution in [0.4, 0.5) is 11.4 Å². The van der Waals surface area contributed by atoms with Gasteiger partial charge in [0.2, 0.25) is 0 Å². The van der Waals surface area contributed by atoms with Crippen molar-refractivity contribution in [2.75, 3.05) is 12.3 Å². The molecule has 1 atom stereocenters. The summed E-state index contributed by atoms with van der Waals surface area (Å²) in [5.41, 5.74) is 7.96. The molecule has 1 unspecified atom stereocenters. The number of nitrogens with two attached hydrogens (primary N) is 1. The molecular formula is C17H18N2O4. The number of nitrogen functional groups attached to an aromatic ring is 1. The lowest BCUT2D eigenvalue weighted by atomic mass is 9.91. The second kappa shape index (κ2) is 7.40. The normalized spacial score (nSPS) is 11.7. The molecule has 0 aromatic heterocycles. The predicted molar refractivity (Wildman–Crippen MR) is 87.0 cm³/mol. The van der Waals surface area contributed by atoms with Gasteiger partial charge in [-0.05, 0) is 36.6 Å². The second-order valence-corrected chi connectivity index (χ2v) is 5.10. The zero-order valence-electron chi connectivity index (χ0n) is 12.8. The first kappa shape index (κ1) is 16.5. The third-order valence-electron chi connectivity index (χ3n) is 3.47. The van der Waals surface area contributed by atoms with Crippen LogP contribution in [0.1, 0.15) is 24.0 Å². The third kappa shape index (κ3) is 4.29. The number of ether oxygens (including phenoxy) is 1. The lowest BCUT2D eigenvalue weighted by molar-refractivity contribution is -0.384. The molecule has 2 aromatic rings. The number of non-ortho nitro benzene ring substituents is 1. The Balaban J connectivity index is 2.27. The molecule has 0 aliphatic carbocycles. The zero-order chi connectivity index (χ0) is 16.8. The SMILES string of the molecule is CCOC(=O)C(Cc1ccc([N+](=O)[O-])cc1)c1cccc(N)c1. The van der Waals surface area contributed by atoms with Crippen LogP contribution in [-0.4, -0.2) is 17.5 Å². The standard InChI is InChI=1S/C17H18N2O4/c1-2-23-17(20)16(13-4-3-5-14(18)11-13)10-12-6-8-15(9-7-12)19(21)22/h3-9,11,16H,2,10,18H2,1H3. The van der Waals surface area contributed by atoms with Gasteiger partial charge in [-0.2, -0.15) is 0 Å². The lowest BCUT2D eigenvalue weighted by Crippen LogP contribution is -2.18. The molecule has 0 saturated carbocycles. The molecule has 2 aromatic carbocycles. The van der Waals surface area contributed by atoms with Gasteiger partial charge >= 0.3 is 5.97 Å². The molecule has 6 heteroatoms. The van der Waals surface area contributed by atoms with Crippen molar-refractivity contribution in [3.05, 3.63) is 69.8 Å². The number of esters is 1. The number of nitro groups is 1. The minimum absolute atomic E-state index is 0.0189. The highest BCUT2D eigenvalue weighted by molar-refractivity contribution is 5.79. The maximum Gasteiger partial charge on any atom is 0.313 e. The fraction of sp³-hybridized carbons (Fsp3) is 0.235. The van der Waals surface area contributed by atoms with Gasteiger partial charge in [0.15, 0.2) is 0 Å². The monoisotopic (exact) mass is 314 g/mol. The van der Waals surface area contributed by atoms with Crippen molar-refractivity contribution in [3.8, 4) is 0 Å². The van der Waals surface area contributed by atoms with Gasteiger partial charge in [0.1, 0.15) is 0 Å². The Morgan fingerprint density at radius 1 is 1.26 bits per heavy atom. The van der Waals surface area contributed by atoms with E-state index in [0.717, 1.165) is 11.1 Å². The average molecular weight is 314 g/mol. The van der Waals surface area contributed by atoms with Gasteiger partial charge in [0, 0.05) is 17.8 Å². The maximum absolute atomic E-state index is 12.3. The molecule has 0 aliphatic heterocycles. The Morgan fingerprint density at radius 2 is 1.96 bits per heavy atom. The number of rotatable bonds is 6. The summed E-state index contributed by atoms with van der Waals surface area (Å²) >= 11 is 0. The van der Waals surface area contributed by atoms with Crippen molar-refractivity contribution in [3.63, 3.8) is 0 Å². The smallest absolute Gasteiger partial charge is 0.313 e. The van der Waals surface area contributed by atoms with Crippen molar-refractivity contribution in [1.29, 1.82) is 0 Å². The summed E-state index contributed by atoms with van der Waals surface area (Å²) in [5.74, 6) is -0.837. The Labute approximate surface area is 134 Å². The predicted octanol–water partition coefficient (Wildman–Crippen LogP) is 3.07. The van der Waals surface area contributed by atoms with Gasteiger partial charge in [-0.3, -0.25) is 14.9 Å². The van der Waals surface area contributed by atoms with Crippen LogP contribution < -0.4 is 5.73 Å². The molecule has 120 valence electrons. The number of carbonyl (C=O) groups excluding carboxylic acids is 1. The van der Waals surface area contributed by atoms with Crippen LogP contribution >= 0.6 is 0 Å². The first-order valence-electron chi connectivity index (χ1n) is 7.26. The topological polar surface area (TPSA) is 95.5 Å². The quantitative estimate of drug-likeness (QED) is 0.382. The highest BCUT2D eigenvalue weighted by atomic mass is 16.6. The van der Waals surface area contributed by atoms with Gasteiger partial charge in [-0.25, -0.2) is 0 Å². The van der Waals surface area contributed by atoms with Gasteiger partial charge in [-0.15, -0.1) is 0 Å². The first-order chi connectivity index (χ1) is 11.0. The molecule has 0 radical (unpaired) electrons. The first-order valence-corrected chi connectivity index (χ1v) is 7.26. The molecule has 2 rings (SSSR count). The lowest BCUT2D eigenvalue weighted by Gasteiger charge is -2.16. The summed E-state index contributed by atoms with van der Waals surface area (Å²) < 4.78 is 5.14. The van der Waals surface area contributed by atoms with E-state index >= 15 is 0 Å². The third-order valence-corrected chi connectivity index (χ3v) is 3.47. The van der Waals surface area contributed by atoms with Crippen LogP contribution in [-0.2, 0) is 16.0 Å². The van der Waals surface area contributed by atoms with Crippen LogP contribution in [0.15, 0.2) is 48.5 Å². The minimum Gasteiger partial charge on any atom is -0.466 e. The van der Waals surface area contributed by atoms with E-state index in [-0.39, 0.29) is 18.3 Å². The largest absolute Gasteiger partial charge is 0.466 e. The van der Waals surface area contributed by atoms with E-state index in [1.165, 1.54) is 12.1 Å². The van der Waals surface area contributed by atoms with E-state index in [1.54, 1.807) is 37.3 Å². The molecule has 0 bridgehead atoms. The molecule has 0 saturated heterocycles. The van der Waals surface area contributed by atoms with Crippen molar-refractivity contribution >= 4 is 17.3 Å². The van der Waals surface area contributed by atoms with Crippen molar-refractivity contribution in [2.24, 2.45) is 0 Å². The van der Waals surface area contributed by atoms with Crippen molar-refractivity contribution in [1.82, 2.24) is 0 Å². The van der Waals surface area contributed by atoms with Gasteiger partial charge < -0.3 is 10.5 Å². The zero-order valence-corrected chi connectivity index (χ0v) is 12.8. The summed E-state index contributed by atoms with van der Waals surface area (Å²) in [6, 6.07) is 13.3. The number of carbonyl (C=O) groups is 1. The maximum atomic E-state index is 12.3. The van der Waals surface area contributed by atoms with E-state index in [4.69, 9.17) is 10.5 Å².